The minimum Gasteiger partial charge on any atom is -0.330 e. The molecule has 1 aliphatic carbocycles. The molecular formula is C12H25NS. The van der Waals surface area contributed by atoms with Crippen LogP contribution in [0.15, 0.2) is 0 Å². The molecule has 2 heteroatoms. The molecule has 1 rings (SSSR count). The highest BCUT2D eigenvalue weighted by Gasteiger charge is 2.32. The fraction of sp³-hybridized carbons (Fsp3) is 1.00. The number of thioether (sulfide) groups is 1. The molecule has 2 unspecified atom stereocenters. The van der Waals surface area contributed by atoms with Crippen molar-refractivity contribution >= 4 is 11.8 Å². The van der Waals surface area contributed by atoms with Crippen LogP contribution in [0.25, 0.3) is 0 Å². The molecule has 0 radical (unpaired) electrons. The van der Waals surface area contributed by atoms with E-state index in [0.29, 0.717) is 5.41 Å². The second-order valence-corrected chi connectivity index (χ2v) is 5.99. The van der Waals surface area contributed by atoms with Gasteiger partial charge in [0, 0.05) is 0 Å². The summed E-state index contributed by atoms with van der Waals surface area (Å²) in [4.78, 5) is 0. The van der Waals surface area contributed by atoms with Gasteiger partial charge in [-0.1, -0.05) is 19.8 Å². The average Bonchev–Trinajstić information content (AvgIpc) is 2.18. The summed E-state index contributed by atoms with van der Waals surface area (Å²) in [5.74, 6) is 2.21. The third-order valence-electron chi connectivity index (χ3n) is 3.67. The first-order valence-electron chi connectivity index (χ1n) is 5.91. The van der Waals surface area contributed by atoms with Crippen LogP contribution >= 0.6 is 11.8 Å². The van der Waals surface area contributed by atoms with Crippen LogP contribution in [0.4, 0.5) is 0 Å². The van der Waals surface area contributed by atoms with E-state index in [1.807, 2.05) is 11.8 Å². The van der Waals surface area contributed by atoms with Crippen LogP contribution in [0.1, 0.15) is 45.4 Å². The van der Waals surface area contributed by atoms with Crippen molar-refractivity contribution in [2.45, 2.75) is 45.4 Å². The van der Waals surface area contributed by atoms with E-state index in [-0.39, 0.29) is 0 Å². The summed E-state index contributed by atoms with van der Waals surface area (Å²) in [5.41, 5.74) is 6.48. The van der Waals surface area contributed by atoms with Gasteiger partial charge in [0.1, 0.15) is 0 Å². The molecule has 1 saturated carbocycles. The van der Waals surface area contributed by atoms with Gasteiger partial charge >= 0.3 is 0 Å². The van der Waals surface area contributed by atoms with Gasteiger partial charge in [0.05, 0.1) is 0 Å². The van der Waals surface area contributed by atoms with Crippen LogP contribution in [0.2, 0.25) is 0 Å². The zero-order chi connectivity index (χ0) is 10.4. The van der Waals surface area contributed by atoms with Gasteiger partial charge in [-0.25, -0.2) is 0 Å². The first-order chi connectivity index (χ1) is 6.72. The number of hydrogen-bond donors (Lipinski definition) is 1. The highest BCUT2D eigenvalue weighted by Crippen LogP contribution is 2.42. The lowest BCUT2D eigenvalue weighted by molar-refractivity contribution is 0.141. The third-order valence-corrected chi connectivity index (χ3v) is 4.37. The Morgan fingerprint density at radius 2 is 2.29 bits per heavy atom. The molecular weight excluding hydrogens is 190 g/mol. The first-order valence-corrected chi connectivity index (χ1v) is 7.31. The van der Waals surface area contributed by atoms with Gasteiger partial charge in [0.2, 0.25) is 0 Å². The maximum atomic E-state index is 5.98. The minimum absolute atomic E-state index is 0.507. The first kappa shape index (κ1) is 12.4. The maximum Gasteiger partial charge on any atom is -0.00204 e. The van der Waals surface area contributed by atoms with Crippen molar-refractivity contribution in [2.75, 3.05) is 18.6 Å². The Bertz CT molecular complexity index is 160. The lowest BCUT2D eigenvalue weighted by atomic mass is 9.68. The van der Waals surface area contributed by atoms with Crippen LogP contribution in [0.3, 0.4) is 0 Å². The maximum absolute atomic E-state index is 5.98. The molecule has 2 atom stereocenters. The molecule has 0 saturated heterocycles. The Morgan fingerprint density at radius 3 is 2.86 bits per heavy atom. The lowest BCUT2D eigenvalue weighted by Crippen LogP contribution is -2.35. The van der Waals surface area contributed by atoms with Gasteiger partial charge in [-0.05, 0) is 55.6 Å². The van der Waals surface area contributed by atoms with Crippen molar-refractivity contribution in [1.82, 2.24) is 0 Å². The highest BCUT2D eigenvalue weighted by atomic mass is 32.2. The second kappa shape index (κ2) is 6.02. The monoisotopic (exact) mass is 215 g/mol. The molecule has 0 aliphatic heterocycles. The Hall–Kier alpha value is 0.310. The van der Waals surface area contributed by atoms with E-state index in [1.165, 1.54) is 44.3 Å². The van der Waals surface area contributed by atoms with Crippen molar-refractivity contribution in [1.29, 1.82) is 0 Å². The van der Waals surface area contributed by atoms with Crippen molar-refractivity contribution < 1.29 is 0 Å². The molecule has 0 aromatic heterocycles. The zero-order valence-corrected chi connectivity index (χ0v) is 10.5. The van der Waals surface area contributed by atoms with E-state index in [1.54, 1.807) is 0 Å². The minimum atomic E-state index is 0.507. The Balaban J connectivity index is 2.39. The summed E-state index contributed by atoms with van der Waals surface area (Å²) in [6.45, 7) is 3.30. The fourth-order valence-electron chi connectivity index (χ4n) is 2.87. The van der Waals surface area contributed by atoms with E-state index in [0.717, 1.165) is 12.5 Å². The predicted octanol–water partition coefficient (Wildman–Crippen LogP) is 3.28. The zero-order valence-electron chi connectivity index (χ0n) is 9.72. The molecule has 1 aliphatic rings. The largest absolute Gasteiger partial charge is 0.330 e. The molecule has 0 aromatic carbocycles. The van der Waals surface area contributed by atoms with E-state index < -0.39 is 0 Å². The Labute approximate surface area is 93.2 Å². The SMILES string of the molecule is CSCCCC1(CN)CCCC(C)C1. The quantitative estimate of drug-likeness (QED) is 0.712. The highest BCUT2D eigenvalue weighted by molar-refractivity contribution is 7.98. The normalized spacial score (nSPS) is 33.2. The average molecular weight is 215 g/mol. The molecule has 14 heavy (non-hydrogen) atoms. The van der Waals surface area contributed by atoms with Crippen LogP contribution in [-0.2, 0) is 0 Å². The second-order valence-electron chi connectivity index (χ2n) is 5.00. The van der Waals surface area contributed by atoms with Crippen LogP contribution in [0.5, 0.6) is 0 Å². The number of nitrogens with two attached hydrogens (primary N) is 1. The van der Waals surface area contributed by atoms with Crippen molar-refractivity contribution in [3.8, 4) is 0 Å². The summed E-state index contributed by atoms with van der Waals surface area (Å²) in [7, 11) is 0. The molecule has 84 valence electrons. The van der Waals surface area contributed by atoms with E-state index in [4.69, 9.17) is 5.73 Å². The van der Waals surface area contributed by atoms with Crippen molar-refractivity contribution in [3.63, 3.8) is 0 Å². The molecule has 2 N–H and O–H groups in total. The van der Waals surface area contributed by atoms with Crippen molar-refractivity contribution in [3.05, 3.63) is 0 Å². The standard InChI is InChI=1S/C12H25NS/c1-11-5-3-6-12(9-11,10-13)7-4-8-14-2/h11H,3-10,13H2,1-2H3. The van der Waals surface area contributed by atoms with Crippen LogP contribution < -0.4 is 5.73 Å². The summed E-state index contributed by atoms with van der Waals surface area (Å²) >= 11 is 1.96. The molecule has 0 heterocycles. The summed E-state index contributed by atoms with van der Waals surface area (Å²) in [6.07, 6.45) is 10.5. The molecule has 0 spiro atoms. The number of hydrogen-bond acceptors (Lipinski definition) is 2. The third kappa shape index (κ3) is 3.47. The lowest BCUT2D eigenvalue weighted by Gasteiger charge is -2.39. The summed E-state index contributed by atoms with van der Waals surface area (Å²) < 4.78 is 0. The van der Waals surface area contributed by atoms with Gasteiger partial charge in [0.15, 0.2) is 0 Å². The van der Waals surface area contributed by atoms with Crippen LogP contribution in [-0.4, -0.2) is 18.6 Å². The Kier molecular flexibility index (Phi) is 5.32. The van der Waals surface area contributed by atoms with Crippen LogP contribution in [0, 0.1) is 11.3 Å². The van der Waals surface area contributed by atoms with E-state index in [2.05, 4.69) is 13.2 Å². The summed E-state index contributed by atoms with van der Waals surface area (Å²) in [6, 6.07) is 0. The molecule has 0 bridgehead atoms. The topological polar surface area (TPSA) is 26.0 Å². The molecule has 0 amide bonds. The molecule has 0 aromatic rings. The number of rotatable bonds is 5. The van der Waals surface area contributed by atoms with Gasteiger partial charge in [0.25, 0.3) is 0 Å². The molecule has 1 fully saturated rings. The predicted molar refractivity (Wildman–Crippen MR) is 66.7 cm³/mol. The van der Waals surface area contributed by atoms with Gasteiger partial charge < -0.3 is 5.73 Å². The Morgan fingerprint density at radius 1 is 1.50 bits per heavy atom. The van der Waals surface area contributed by atoms with Gasteiger partial charge in [-0.3, -0.25) is 0 Å². The van der Waals surface area contributed by atoms with E-state index >= 15 is 0 Å². The van der Waals surface area contributed by atoms with Gasteiger partial charge in [-0.15, -0.1) is 0 Å². The molecule has 1 nitrogen and oxygen atoms in total. The van der Waals surface area contributed by atoms with Gasteiger partial charge in [-0.2, -0.15) is 11.8 Å². The fourth-order valence-corrected chi connectivity index (χ4v) is 3.31. The van der Waals surface area contributed by atoms with Crippen molar-refractivity contribution in [2.24, 2.45) is 17.1 Å². The summed E-state index contributed by atoms with van der Waals surface area (Å²) in [5, 5.41) is 0. The van der Waals surface area contributed by atoms with E-state index in [9.17, 15) is 0 Å². The smallest absolute Gasteiger partial charge is 0.00204 e.